The maximum atomic E-state index is 14.2. The minimum absolute atomic E-state index is 0.0578. The number of benzene rings is 2. The van der Waals surface area contributed by atoms with Crippen LogP contribution in [0.1, 0.15) is 50.2 Å². The van der Waals surface area contributed by atoms with Gasteiger partial charge >= 0.3 is 5.97 Å². The SMILES string of the molecule is Cc1cc2nc3cn2c(c1CC(=O)O)N1CCC(C)(CC1)OCCCCCOc1cc(F)ccc1-c1cccc-3c1. The van der Waals surface area contributed by atoms with Gasteiger partial charge in [0.25, 0.3) is 0 Å². The number of pyridine rings is 1. The van der Waals surface area contributed by atoms with Gasteiger partial charge in [0, 0.05) is 48.6 Å². The number of fused-ring (bicyclic) bond motifs is 8. The Morgan fingerprint density at radius 1 is 1.05 bits per heavy atom. The average Bonchev–Trinajstić information content (AvgIpc) is 3.37. The van der Waals surface area contributed by atoms with Crippen molar-refractivity contribution in [1.29, 1.82) is 0 Å². The first-order valence-corrected chi connectivity index (χ1v) is 14.5. The molecular formula is C33H36FN3O4. The Kier molecular flexibility index (Phi) is 7.43. The van der Waals surface area contributed by atoms with Gasteiger partial charge in [-0.3, -0.25) is 9.20 Å². The standard InChI is InChI=1S/C33H36FN3O4/c1-22-17-30-35-28-21-37(30)32(27(22)20-31(38)39)36-13-11-33(2,12-14-36)41-16-5-3-4-15-40-29-19-25(34)9-10-26(29)23-7-6-8-24(28)18-23/h6-10,17-19,21H,3-5,11-16,20H2,1-2H3,(H,38,39). The van der Waals surface area contributed by atoms with Crippen LogP contribution in [0.25, 0.3) is 28.0 Å². The van der Waals surface area contributed by atoms with Gasteiger partial charge in [-0.25, -0.2) is 9.37 Å². The van der Waals surface area contributed by atoms with Crippen molar-refractivity contribution in [2.45, 2.75) is 58.0 Å². The molecule has 2 aromatic carbocycles. The summed E-state index contributed by atoms with van der Waals surface area (Å²) in [7, 11) is 0. The molecule has 214 valence electrons. The van der Waals surface area contributed by atoms with E-state index in [4.69, 9.17) is 14.5 Å². The van der Waals surface area contributed by atoms with Gasteiger partial charge in [0.05, 0.1) is 24.3 Å². The van der Waals surface area contributed by atoms with E-state index in [9.17, 15) is 14.3 Å². The minimum Gasteiger partial charge on any atom is -0.493 e. The summed E-state index contributed by atoms with van der Waals surface area (Å²) in [4.78, 5) is 19.2. The van der Waals surface area contributed by atoms with Crippen LogP contribution in [0, 0.1) is 12.7 Å². The Morgan fingerprint density at radius 2 is 1.83 bits per heavy atom. The molecule has 4 aromatic rings. The molecule has 6 bridgehead atoms. The van der Waals surface area contributed by atoms with Crippen LogP contribution >= 0.6 is 0 Å². The van der Waals surface area contributed by atoms with Gasteiger partial charge in [-0.2, -0.15) is 0 Å². The molecule has 0 atom stereocenters. The molecule has 7 rings (SSSR count). The van der Waals surface area contributed by atoms with Crippen molar-refractivity contribution >= 4 is 17.4 Å². The van der Waals surface area contributed by atoms with E-state index in [0.717, 1.165) is 90.2 Å². The summed E-state index contributed by atoms with van der Waals surface area (Å²) in [6.07, 6.45) is 6.39. The summed E-state index contributed by atoms with van der Waals surface area (Å²) < 4.78 is 28.7. The molecule has 41 heavy (non-hydrogen) atoms. The second kappa shape index (κ2) is 11.2. The smallest absolute Gasteiger partial charge is 0.307 e. The van der Waals surface area contributed by atoms with Crippen molar-refractivity contribution in [3.8, 4) is 28.1 Å². The number of carboxylic acids is 1. The minimum atomic E-state index is -0.856. The van der Waals surface area contributed by atoms with Gasteiger partial charge < -0.3 is 19.5 Å². The van der Waals surface area contributed by atoms with Crippen LogP contribution in [0.3, 0.4) is 0 Å². The summed E-state index contributed by atoms with van der Waals surface area (Å²) >= 11 is 0. The third-order valence-electron chi connectivity index (χ3n) is 8.41. The van der Waals surface area contributed by atoms with Gasteiger partial charge in [0.2, 0.25) is 0 Å². The predicted octanol–water partition coefficient (Wildman–Crippen LogP) is 6.68. The zero-order chi connectivity index (χ0) is 28.6. The zero-order valence-corrected chi connectivity index (χ0v) is 23.7. The molecule has 1 N–H and O–H groups in total. The fourth-order valence-electron chi connectivity index (χ4n) is 6.04. The first kappa shape index (κ1) is 27.3. The van der Waals surface area contributed by atoms with E-state index < -0.39 is 5.97 Å². The molecule has 1 saturated heterocycles. The number of carboxylic acid groups (broad SMARTS) is 1. The Labute approximate surface area is 239 Å². The number of ether oxygens (including phenoxy) is 2. The molecule has 3 aliphatic heterocycles. The lowest BCUT2D eigenvalue weighted by atomic mass is 9.92. The van der Waals surface area contributed by atoms with Crippen LogP contribution in [0.5, 0.6) is 5.75 Å². The molecule has 0 unspecified atom stereocenters. The van der Waals surface area contributed by atoms with Crippen LogP contribution in [-0.4, -0.2) is 52.4 Å². The van der Waals surface area contributed by atoms with E-state index >= 15 is 0 Å². The normalized spacial score (nSPS) is 17.3. The largest absolute Gasteiger partial charge is 0.493 e. The molecule has 0 spiro atoms. The highest BCUT2D eigenvalue weighted by Gasteiger charge is 2.33. The van der Waals surface area contributed by atoms with E-state index in [0.29, 0.717) is 19.0 Å². The van der Waals surface area contributed by atoms with Crippen molar-refractivity contribution in [2.24, 2.45) is 0 Å². The van der Waals surface area contributed by atoms with Gasteiger partial charge in [0.1, 0.15) is 23.0 Å². The van der Waals surface area contributed by atoms with Gasteiger partial charge in [-0.05, 0) is 81.3 Å². The average molecular weight is 558 g/mol. The Bertz CT molecular complexity index is 1590. The summed E-state index contributed by atoms with van der Waals surface area (Å²) in [6, 6.07) is 14.7. The highest BCUT2D eigenvalue weighted by molar-refractivity contribution is 5.78. The molecule has 2 aromatic heterocycles. The maximum Gasteiger partial charge on any atom is 0.307 e. The number of carbonyl (C=O) groups is 1. The van der Waals surface area contributed by atoms with E-state index in [1.807, 2.05) is 41.8 Å². The summed E-state index contributed by atoms with van der Waals surface area (Å²) in [6.45, 7) is 6.87. The third kappa shape index (κ3) is 5.66. The Morgan fingerprint density at radius 3 is 2.63 bits per heavy atom. The summed E-state index contributed by atoms with van der Waals surface area (Å²) in [5.74, 6) is 0.229. The number of aliphatic carboxylic acids is 1. The van der Waals surface area contributed by atoms with E-state index in [2.05, 4.69) is 17.9 Å². The van der Waals surface area contributed by atoms with E-state index in [1.165, 1.54) is 12.1 Å². The molecule has 3 aliphatic rings. The molecule has 0 amide bonds. The van der Waals surface area contributed by atoms with Crippen molar-refractivity contribution in [2.75, 3.05) is 31.2 Å². The van der Waals surface area contributed by atoms with Crippen LogP contribution in [0.2, 0.25) is 0 Å². The lowest BCUT2D eigenvalue weighted by Gasteiger charge is -2.41. The second-order valence-electron chi connectivity index (χ2n) is 11.5. The lowest BCUT2D eigenvalue weighted by Crippen LogP contribution is -2.45. The number of hydrogen-bond donors (Lipinski definition) is 1. The molecule has 0 saturated carbocycles. The number of nitrogens with zero attached hydrogens (tertiary/aromatic N) is 3. The first-order chi connectivity index (χ1) is 19.8. The third-order valence-corrected chi connectivity index (χ3v) is 8.41. The Hall–Kier alpha value is -3.91. The van der Waals surface area contributed by atoms with Gasteiger partial charge in [0.15, 0.2) is 0 Å². The Balaban J connectivity index is 1.48. The van der Waals surface area contributed by atoms with E-state index in [1.54, 1.807) is 6.07 Å². The van der Waals surface area contributed by atoms with Gasteiger partial charge in [-0.1, -0.05) is 18.2 Å². The van der Waals surface area contributed by atoms with E-state index in [-0.39, 0.29) is 17.8 Å². The van der Waals surface area contributed by atoms with Crippen LogP contribution in [0.15, 0.2) is 54.7 Å². The number of halogens is 1. The topological polar surface area (TPSA) is 76.3 Å². The predicted molar refractivity (Wildman–Crippen MR) is 157 cm³/mol. The molecular weight excluding hydrogens is 521 g/mol. The summed E-state index contributed by atoms with van der Waals surface area (Å²) in [5, 5.41) is 9.78. The van der Waals surface area contributed by atoms with Crippen LogP contribution in [0.4, 0.5) is 10.2 Å². The van der Waals surface area contributed by atoms with Gasteiger partial charge in [-0.15, -0.1) is 0 Å². The molecule has 5 heterocycles. The van der Waals surface area contributed by atoms with Crippen LogP contribution in [-0.2, 0) is 16.0 Å². The summed E-state index contributed by atoms with van der Waals surface area (Å²) in [5.41, 5.74) is 5.71. The number of aromatic nitrogens is 2. The maximum absolute atomic E-state index is 14.2. The number of hydrogen-bond acceptors (Lipinski definition) is 5. The fraction of sp³-hybridized carbons (Fsp3) is 0.394. The lowest BCUT2D eigenvalue weighted by molar-refractivity contribution is -0.136. The fourth-order valence-corrected chi connectivity index (χ4v) is 6.04. The molecule has 1 fully saturated rings. The molecule has 0 radical (unpaired) electrons. The zero-order valence-electron chi connectivity index (χ0n) is 23.7. The number of rotatable bonds is 2. The number of aryl methyl sites for hydroxylation is 1. The van der Waals surface area contributed by atoms with Crippen molar-refractivity contribution in [3.05, 3.63) is 71.7 Å². The highest BCUT2D eigenvalue weighted by atomic mass is 19.1. The molecule has 8 heteroatoms. The quantitative estimate of drug-likeness (QED) is 0.296. The first-order valence-electron chi connectivity index (χ1n) is 14.5. The monoisotopic (exact) mass is 557 g/mol. The van der Waals surface area contributed by atoms with Crippen molar-refractivity contribution < 1.29 is 23.8 Å². The molecule has 0 aliphatic carbocycles. The number of piperidine rings is 1. The number of anilines is 1. The molecule has 7 nitrogen and oxygen atoms in total. The van der Waals surface area contributed by atoms with Crippen molar-refractivity contribution in [3.63, 3.8) is 0 Å². The number of imidazole rings is 1. The highest BCUT2D eigenvalue weighted by Crippen LogP contribution is 2.37. The second-order valence-corrected chi connectivity index (χ2v) is 11.5. The van der Waals surface area contributed by atoms with Crippen LogP contribution < -0.4 is 9.64 Å². The van der Waals surface area contributed by atoms with Crippen molar-refractivity contribution in [1.82, 2.24) is 9.38 Å².